The molecule has 1 fully saturated rings. The lowest BCUT2D eigenvalue weighted by molar-refractivity contribution is -0.402. The molecule has 0 bridgehead atoms. The van der Waals surface area contributed by atoms with E-state index in [1.807, 2.05) is 0 Å². The molecule has 0 atom stereocenters. The Balaban J connectivity index is 0.00000220. The maximum atomic E-state index is 11.7. The minimum atomic E-state index is -0.614. The van der Waals surface area contributed by atoms with E-state index in [9.17, 15) is 14.9 Å². The van der Waals surface area contributed by atoms with Gasteiger partial charge in [-0.1, -0.05) is 0 Å². The Labute approximate surface area is 128 Å². The predicted octanol–water partition coefficient (Wildman–Crippen LogP) is 1.91. The van der Waals surface area contributed by atoms with Crippen LogP contribution in [0.3, 0.4) is 0 Å². The molecule has 0 amide bonds. The van der Waals surface area contributed by atoms with Crippen LogP contribution in [0, 0.1) is 10.1 Å². The van der Waals surface area contributed by atoms with Crippen molar-refractivity contribution < 1.29 is 18.9 Å². The van der Waals surface area contributed by atoms with Crippen molar-refractivity contribution in [3.63, 3.8) is 0 Å². The molecule has 1 aromatic heterocycles. The van der Waals surface area contributed by atoms with Gasteiger partial charge in [0.15, 0.2) is 5.78 Å². The summed E-state index contributed by atoms with van der Waals surface area (Å²) in [5.74, 6) is -0.0580. The Bertz CT molecular complexity index is 508. The lowest BCUT2D eigenvalue weighted by Crippen LogP contribution is -2.37. The molecular weight excluding hydrogens is 300 g/mol. The van der Waals surface area contributed by atoms with Gasteiger partial charge >= 0.3 is 5.88 Å². The monoisotopic (exact) mass is 316 g/mol. The number of ether oxygens (including phenoxy) is 1. The van der Waals surface area contributed by atoms with Crippen LogP contribution >= 0.6 is 12.4 Å². The zero-order chi connectivity index (χ0) is 14.4. The van der Waals surface area contributed by atoms with Crippen LogP contribution in [-0.2, 0) is 9.53 Å². The fourth-order valence-electron chi connectivity index (χ4n) is 1.88. The molecule has 7 nitrogen and oxygen atoms in total. The van der Waals surface area contributed by atoms with Gasteiger partial charge in [-0.3, -0.25) is 19.8 Å². The molecule has 0 aromatic carbocycles. The second kappa shape index (κ2) is 8.56. The van der Waals surface area contributed by atoms with E-state index in [1.165, 1.54) is 24.3 Å². The van der Waals surface area contributed by atoms with Gasteiger partial charge in [0, 0.05) is 26.1 Å². The summed E-state index contributed by atoms with van der Waals surface area (Å²) in [4.78, 5) is 23.7. The number of halogens is 1. The average Bonchev–Trinajstić information content (AvgIpc) is 2.93. The molecule has 0 aliphatic carbocycles. The first-order valence-corrected chi connectivity index (χ1v) is 6.40. The third kappa shape index (κ3) is 5.66. The number of ketones is 1. The lowest BCUT2D eigenvalue weighted by atomic mass is 10.2. The van der Waals surface area contributed by atoms with E-state index in [0.717, 1.165) is 13.1 Å². The van der Waals surface area contributed by atoms with Gasteiger partial charge in [-0.2, -0.15) is 0 Å². The molecule has 1 saturated heterocycles. The molecule has 0 radical (unpaired) electrons. The van der Waals surface area contributed by atoms with Gasteiger partial charge in [-0.05, 0) is 18.2 Å². The fourth-order valence-corrected chi connectivity index (χ4v) is 1.88. The van der Waals surface area contributed by atoms with E-state index in [1.54, 1.807) is 0 Å². The smallest absolute Gasteiger partial charge is 0.401 e. The molecule has 21 heavy (non-hydrogen) atoms. The summed E-state index contributed by atoms with van der Waals surface area (Å²) >= 11 is 0. The number of nitro groups is 1. The standard InChI is InChI=1S/C13H16N2O5.ClH/c16-11(5-6-14-7-9-19-10-8-14)1-2-12-3-4-13(20-12)15(17)18;/h1-4H,5-10H2;1H. The van der Waals surface area contributed by atoms with Crippen LogP contribution in [0.4, 0.5) is 5.88 Å². The van der Waals surface area contributed by atoms with Gasteiger partial charge in [-0.25, -0.2) is 0 Å². The second-order valence-corrected chi connectivity index (χ2v) is 4.44. The molecule has 0 N–H and O–H groups in total. The maximum Gasteiger partial charge on any atom is 0.433 e. The first-order valence-electron chi connectivity index (χ1n) is 6.40. The number of furan rings is 1. The average molecular weight is 317 g/mol. The Kier molecular flexibility index (Phi) is 7.07. The van der Waals surface area contributed by atoms with Crippen LogP contribution in [-0.4, -0.2) is 48.5 Å². The molecule has 116 valence electrons. The van der Waals surface area contributed by atoms with Crippen LogP contribution in [0.2, 0.25) is 0 Å². The van der Waals surface area contributed by atoms with Crippen molar-refractivity contribution in [1.29, 1.82) is 0 Å². The zero-order valence-electron chi connectivity index (χ0n) is 11.4. The van der Waals surface area contributed by atoms with Gasteiger partial charge in [0.25, 0.3) is 0 Å². The van der Waals surface area contributed by atoms with Gasteiger partial charge in [0.2, 0.25) is 0 Å². The topological polar surface area (TPSA) is 85.8 Å². The number of hydrogen-bond acceptors (Lipinski definition) is 6. The quantitative estimate of drug-likeness (QED) is 0.453. The summed E-state index contributed by atoms with van der Waals surface area (Å²) in [6.45, 7) is 3.81. The van der Waals surface area contributed by atoms with Gasteiger partial charge in [0.05, 0.1) is 19.3 Å². The number of carbonyl (C=O) groups is 1. The summed E-state index contributed by atoms with van der Waals surface area (Å²) in [6.07, 6.45) is 3.26. The van der Waals surface area contributed by atoms with E-state index in [-0.39, 0.29) is 24.1 Å². The Morgan fingerprint density at radius 1 is 1.38 bits per heavy atom. The third-order valence-electron chi connectivity index (χ3n) is 3.00. The van der Waals surface area contributed by atoms with Crippen LogP contribution in [0.5, 0.6) is 0 Å². The molecular formula is C13H17ClN2O5. The molecule has 0 unspecified atom stereocenters. The normalized spacial score (nSPS) is 15.8. The third-order valence-corrected chi connectivity index (χ3v) is 3.00. The van der Waals surface area contributed by atoms with E-state index < -0.39 is 4.92 Å². The van der Waals surface area contributed by atoms with Crippen molar-refractivity contribution in [3.8, 4) is 0 Å². The van der Waals surface area contributed by atoms with Crippen molar-refractivity contribution in [3.05, 3.63) is 34.1 Å². The largest absolute Gasteiger partial charge is 0.433 e. The highest BCUT2D eigenvalue weighted by atomic mass is 35.5. The summed E-state index contributed by atoms with van der Waals surface area (Å²) in [7, 11) is 0. The predicted molar refractivity (Wildman–Crippen MR) is 78.5 cm³/mol. The van der Waals surface area contributed by atoms with Gasteiger partial charge < -0.3 is 9.15 Å². The first kappa shape index (κ1) is 17.4. The summed E-state index contributed by atoms with van der Waals surface area (Å²) < 4.78 is 10.2. The van der Waals surface area contributed by atoms with Crippen LogP contribution in [0.1, 0.15) is 12.2 Å². The molecule has 1 aromatic rings. The number of nitrogens with zero attached hydrogens (tertiary/aromatic N) is 2. The fraction of sp³-hybridized carbons (Fsp3) is 0.462. The van der Waals surface area contributed by atoms with Gasteiger partial charge in [0.1, 0.15) is 10.7 Å². The molecule has 2 heterocycles. The summed E-state index contributed by atoms with van der Waals surface area (Å²) in [5, 5.41) is 10.4. The molecule has 1 aliphatic heterocycles. The molecule has 0 saturated carbocycles. The highest BCUT2D eigenvalue weighted by Gasteiger charge is 2.12. The number of allylic oxidation sites excluding steroid dienone is 1. The van der Waals surface area contributed by atoms with Gasteiger partial charge in [-0.15, -0.1) is 12.4 Å². The van der Waals surface area contributed by atoms with Crippen LogP contribution in [0.15, 0.2) is 22.6 Å². The highest BCUT2D eigenvalue weighted by molar-refractivity contribution is 5.93. The van der Waals surface area contributed by atoms with Crippen LogP contribution in [0.25, 0.3) is 6.08 Å². The second-order valence-electron chi connectivity index (χ2n) is 4.44. The Morgan fingerprint density at radius 3 is 2.71 bits per heavy atom. The molecule has 2 rings (SSSR count). The molecule has 0 spiro atoms. The highest BCUT2D eigenvalue weighted by Crippen LogP contribution is 2.16. The molecule has 1 aliphatic rings. The minimum Gasteiger partial charge on any atom is -0.401 e. The minimum absolute atomic E-state index is 0. The lowest BCUT2D eigenvalue weighted by Gasteiger charge is -2.25. The Hall–Kier alpha value is -1.70. The van der Waals surface area contributed by atoms with E-state index in [2.05, 4.69) is 4.90 Å². The Morgan fingerprint density at radius 2 is 2.10 bits per heavy atom. The SMILES string of the molecule is Cl.O=C(C=Cc1ccc([N+](=O)[O-])o1)CCN1CCOCC1. The zero-order valence-corrected chi connectivity index (χ0v) is 12.2. The molecule has 8 heteroatoms. The van der Waals surface area contributed by atoms with Crippen molar-refractivity contribution in [2.45, 2.75) is 6.42 Å². The van der Waals surface area contributed by atoms with E-state index in [0.29, 0.717) is 31.9 Å². The maximum absolute atomic E-state index is 11.7. The number of morpholine rings is 1. The summed E-state index contributed by atoms with van der Waals surface area (Å²) in [6, 6.07) is 2.72. The van der Waals surface area contributed by atoms with Crippen molar-refractivity contribution in [1.82, 2.24) is 4.90 Å². The van der Waals surface area contributed by atoms with E-state index in [4.69, 9.17) is 9.15 Å². The summed E-state index contributed by atoms with van der Waals surface area (Å²) in [5.41, 5.74) is 0. The van der Waals surface area contributed by atoms with E-state index >= 15 is 0 Å². The number of hydrogen-bond donors (Lipinski definition) is 0. The van der Waals surface area contributed by atoms with Crippen LogP contribution < -0.4 is 0 Å². The number of carbonyl (C=O) groups excluding carboxylic acids is 1. The van der Waals surface area contributed by atoms with Crippen molar-refractivity contribution in [2.75, 3.05) is 32.8 Å². The number of rotatable bonds is 6. The van der Waals surface area contributed by atoms with Crippen molar-refractivity contribution >= 4 is 30.2 Å². The van der Waals surface area contributed by atoms with Crippen molar-refractivity contribution in [2.24, 2.45) is 0 Å². The first-order chi connectivity index (χ1) is 9.65.